The fraction of sp³-hybridized carbons (Fsp3) is 0.368. The molecule has 1 N–H and O–H groups in total. The van der Waals surface area contributed by atoms with Crippen LogP contribution in [0.2, 0.25) is 0 Å². The van der Waals surface area contributed by atoms with Crippen molar-refractivity contribution >= 4 is 15.9 Å². The van der Waals surface area contributed by atoms with Gasteiger partial charge in [0.05, 0.1) is 5.60 Å². The molecule has 0 unspecified atom stereocenters. The molecule has 1 heterocycles. The number of likely N-dealkylation sites (tertiary alicyclic amines) is 1. The van der Waals surface area contributed by atoms with E-state index in [-0.39, 0.29) is 0 Å². The summed E-state index contributed by atoms with van der Waals surface area (Å²) in [5, 5.41) is 10.9. The van der Waals surface area contributed by atoms with Crippen molar-refractivity contribution in [1.82, 2.24) is 4.90 Å². The first-order valence-corrected chi connectivity index (χ1v) is 8.61. The van der Waals surface area contributed by atoms with Gasteiger partial charge < -0.3 is 5.11 Å². The van der Waals surface area contributed by atoms with Crippen LogP contribution in [-0.2, 0) is 12.1 Å². The van der Waals surface area contributed by atoms with E-state index < -0.39 is 5.60 Å². The van der Waals surface area contributed by atoms with Crippen molar-refractivity contribution in [3.8, 4) is 0 Å². The first-order chi connectivity index (χ1) is 10.5. The van der Waals surface area contributed by atoms with Crippen LogP contribution in [0.5, 0.6) is 0 Å². The van der Waals surface area contributed by atoms with Crippen molar-refractivity contribution < 1.29 is 5.11 Å². The molecule has 0 radical (unpaired) electrons. The van der Waals surface area contributed by atoms with E-state index in [0.717, 1.165) is 42.5 Å². The molecule has 0 saturated carbocycles. The molecule has 0 aromatic heterocycles. The van der Waals surface area contributed by atoms with Gasteiger partial charge in [0.1, 0.15) is 0 Å². The Labute approximate surface area is 140 Å². The van der Waals surface area contributed by atoms with Gasteiger partial charge in [0.2, 0.25) is 0 Å². The van der Waals surface area contributed by atoms with Gasteiger partial charge in [-0.2, -0.15) is 0 Å². The maximum Gasteiger partial charge on any atom is 0.0920 e. The molecular weight excluding hydrogens is 338 g/mol. The van der Waals surface area contributed by atoms with E-state index in [4.69, 9.17) is 0 Å². The lowest BCUT2D eigenvalue weighted by Crippen LogP contribution is -2.42. The van der Waals surface area contributed by atoms with Crippen LogP contribution >= 0.6 is 15.9 Å². The van der Waals surface area contributed by atoms with Crippen molar-refractivity contribution in [2.45, 2.75) is 31.9 Å². The average Bonchev–Trinajstić information content (AvgIpc) is 2.50. The van der Waals surface area contributed by atoms with Gasteiger partial charge in [-0.15, -0.1) is 0 Å². The number of rotatable bonds is 3. The number of nitrogens with zero attached hydrogens (tertiary/aromatic N) is 1. The number of halogens is 1. The summed E-state index contributed by atoms with van der Waals surface area (Å²) in [6, 6.07) is 16.7. The van der Waals surface area contributed by atoms with Crippen LogP contribution in [0, 0.1) is 6.92 Å². The molecule has 116 valence electrons. The first-order valence-electron chi connectivity index (χ1n) is 7.81. The highest BCUT2D eigenvalue weighted by Crippen LogP contribution is 2.33. The molecule has 0 bridgehead atoms. The Hall–Kier alpha value is -1.16. The molecule has 0 amide bonds. The minimum atomic E-state index is -0.677. The van der Waals surface area contributed by atoms with Gasteiger partial charge in [-0.05, 0) is 43.0 Å². The second-order valence-corrected chi connectivity index (χ2v) is 7.22. The molecule has 1 aliphatic rings. The summed E-state index contributed by atoms with van der Waals surface area (Å²) in [5.41, 5.74) is 3.02. The molecule has 2 aromatic rings. The Morgan fingerprint density at radius 2 is 1.77 bits per heavy atom. The monoisotopic (exact) mass is 359 g/mol. The summed E-state index contributed by atoms with van der Waals surface area (Å²) in [4.78, 5) is 2.43. The summed E-state index contributed by atoms with van der Waals surface area (Å²) in [6.07, 6.45) is 1.58. The van der Waals surface area contributed by atoms with Crippen molar-refractivity contribution in [2.24, 2.45) is 0 Å². The summed E-state index contributed by atoms with van der Waals surface area (Å²) in [7, 11) is 0. The second-order valence-electron chi connectivity index (χ2n) is 6.30. The molecule has 2 aromatic carbocycles. The normalized spacial score (nSPS) is 18.3. The highest BCUT2D eigenvalue weighted by Gasteiger charge is 2.33. The predicted octanol–water partition coefficient (Wildman–Crippen LogP) is 4.24. The lowest BCUT2D eigenvalue weighted by Gasteiger charge is -2.38. The Bertz CT molecular complexity index is 630. The topological polar surface area (TPSA) is 23.5 Å². The Balaban J connectivity index is 1.63. The first kappa shape index (κ1) is 15.7. The van der Waals surface area contributed by atoms with E-state index in [9.17, 15) is 5.11 Å². The molecule has 3 rings (SSSR count). The van der Waals surface area contributed by atoms with Crippen LogP contribution in [0.4, 0.5) is 0 Å². The van der Waals surface area contributed by atoms with Gasteiger partial charge >= 0.3 is 0 Å². The minimum absolute atomic E-state index is 0.677. The molecule has 0 aliphatic carbocycles. The average molecular weight is 360 g/mol. The van der Waals surface area contributed by atoms with Crippen LogP contribution in [0.3, 0.4) is 0 Å². The molecule has 0 spiro atoms. The summed E-state index contributed by atoms with van der Waals surface area (Å²) in [6.45, 7) is 4.96. The van der Waals surface area contributed by atoms with Gasteiger partial charge in [-0.3, -0.25) is 4.90 Å². The summed E-state index contributed by atoms with van der Waals surface area (Å²) in [5.74, 6) is 0. The third-order valence-corrected chi connectivity index (χ3v) is 5.08. The van der Waals surface area contributed by atoms with Crippen molar-refractivity contribution in [1.29, 1.82) is 0 Å². The summed E-state index contributed by atoms with van der Waals surface area (Å²) < 4.78 is 1.05. The number of hydrogen-bond acceptors (Lipinski definition) is 2. The van der Waals surface area contributed by atoms with Gasteiger partial charge in [0.25, 0.3) is 0 Å². The zero-order chi connectivity index (χ0) is 15.6. The van der Waals surface area contributed by atoms with Crippen LogP contribution in [0.25, 0.3) is 0 Å². The zero-order valence-electron chi connectivity index (χ0n) is 12.9. The fourth-order valence-electron chi connectivity index (χ4n) is 3.20. The van der Waals surface area contributed by atoms with E-state index in [2.05, 4.69) is 52.0 Å². The zero-order valence-corrected chi connectivity index (χ0v) is 14.5. The van der Waals surface area contributed by atoms with E-state index in [0.29, 0.717) is 0 Å². The van der Waals surface area contributed by atoms with Crippen molar-refractivity contribution in [2.75, 3.05) is 13.1 Å². The van der Waals surface area contributed by atoms with Crippen LogP contribution in [0.1, 0.15) is 29.5 Å². The third kappa shape index (κ3) is 3.60. The molecule has 3 heteroatoms. The molecule has 22 heavy (non-hydrogen) atoms. The quantitative estimate of drug-likeness (QED) is 0.885. The highest BCUT2D eigenvalue weighted by atomic mass is 79.9. The number of piperidine rings is 1. The number of hydrogen-bond donors (Lipinski definition) is 1. The lowest BCUT2D eigenvalue weighted by atomic mass is 9.84. The fourth-order valence-corrected chi connectivity index (χ4v) is 3.46. The molecule has 0 atom stereocenters. The van der Waals surface area contributed by atoms with Crippen LogP contribution in [-0.4, -0.2) is 23.1 Å². The van der Waals surface area contributed by atoms with Crippen LogP contribution < -0.4 is 0 Å². The highest BCUT2D eigenvalue weighted by molar-refractivity contribution is 9.10. The minimum Gasteiger partial charge on any atom is -0.385 e. The Morgan fingerprint density at radius 3 is 2.41 bits per heavy atom. The largest absolute Gasteiger partial charge is 0.385 e. The summed E-state index contributed by atoms with van der Waals surface area (Å²) >= 11 is 3.45. The number of aryl methyl sites for hydroxylation is 1. The standard InChI is InChI=1S/C19H22BrNO/c1-15-3-2-4-16(13-15)14-21-11-9-19(22,10-12-21)17-5-7-18(20)8-6-17/h2-8,13,22H,9-12,14H2,1H3. The van der Waals surface area contributed by atoms with Gasteiger partial charge in [0.15, 0.2) is 0 Å². The third-order valence-electron chi connectivity index (χ3n) is 4.55. The molecule has 1 aliphatic heterocycles. The van der Waals surface area contributed by atoms with Crippen molar-refractivity contribution in [3.05, 3.63) is 69.7 Å². The van der Waals surface area contributed by atoms with Gasteiger partial charge in [0, 0.05) is 24.1 Å². The predicted molar refractivity (Wildman–Crippen MR) is 93.7 cm³/mol. The molecule has 1 fully saturated rings. The number of benzene rings is 2. The maximum absolute atomic E-state index is 10.9. The van der Waals surface area contributed by atoms with Crippen LogP contribution in [0.15, 0.2) is 53.0 Å². The molecule has 2 nitrogen and oxygen atoms in total. The lowest BCUT2D eigenvalue weighted by molar-refractivity contribution is -0.0277. The van der Waals surface area contributed by atoms with Crippen molar-refractivity contribution in [3.63, 3.8) is 0 Å². The van der Waals surface area contributed by atoms with Gasteiger partial charge in [-0.25, -0.2) is 0 Å². The van der Waals surface area contributed by atoms with E-state index in [1.807, 2.05) is 24.3 Å². The Kier molecular flexibility index (Phi) is 4.67. The maximum atomic E-state index is 10.9. The van der Waals surface area contributed by atoms with Gasteiger partial charge in [-0.1, -0.05) is 57.9 Å². The molecular formula is C19H22BrNO. The van der Waals surface area contributed by atoms with E-state index in [1.165, 1.54) is 11.1 Å². The second kappa shape index (κ2) is 6.53. The molecule has 1 saturated heterocycles. The van der Waals surface area contributed by atoms with E-state index in [1.54, 1.807) is 0 Å². The number of aliphatic hydroxyl groups is 1. The SMILES string of the molecule is Cc1cccc(CN2CCC(O)(c3ccc(Br)cc3)CC2)c1. The smallest absolute Gasteiger partial charge is 0.0920 e. The van der Waals surface area contributed by atoms with E-state index >= 15 is 0 Å². The Morgan fingerprint density at radius 1 is 1.09 bits per heavy atom.